The molecule has 0 saturated heterocycles. The van der Waals surface area contributed by atoms with Gasteiger partial charge >= 0.3 is 221 Å². The third-order valence-corrected chi connectivity index (χ3v) is 15.0. The fourth-order valence-corrected chi connectivity index (χ4v) is 14.1. The van der Waals surface area contributed by atoms with E-state index >= 15 is 0 Å². The summed E-state index contributed by atoms with van der Waals surface area (Å²) in [5.74, 6) is 4.01. The summed E-state index contributed by atoms with van der Waals surface area (Å²) < 4.78 is 0.548. The Balaban J connectivity index is 1.43. The Morgan fingerprint density at radius 1 is 0.697 bits per heavy atom. The van der Waals surface area contributed by atoms with Crippen LogP contribution in [0.15, 0.2) is 94.5 Å². The summed E-state index contributed by atoms with van der Waals surface area (Å²) >= 11 is 5.04. The molecule has 0 aromatic carbocycles. The monoisotopic (exact) mass is 436 g/mol. The Labute approximate surface area is 220 Å². The van der Waals surface area contributed by atoms with E-state index < -0.39 is 8.07 Å². The van der Waals surface area contributed by atoms with E-state index in [4.69, 9.17) is 0 Å². The van der Waals surface area contributed by atoms with Gasteiger partial charge in [0.25, 0.3) is 0 Å². The summed E-state index contributed by atoms with van der Waals surface area (Å²) in [5.41, 5.74) is 3.16. The van der Waals surface area contributed by atoms with Crippen LogP contribution < -0.4 is 0 Å². The minimum absolute atomic E-state index is 0.274. The van der Waals surface area contributed by atoms with Crippen molar-refractivity contribution < 1.29 is 0 Å². The maximum atomic E-state index is 2.70. The second-order valence-electron chi connectivity index (χ2n) is 12.7. The van der Waals surface area contributed by atoms with Gasteiger partial charge in [-0.3, -0.25) is 0 Å². The van der Waals surface area contributed by atoms with Gasteiger partial charge in [0, 0.05) is 0 Å². The predicted molar refractivity (Wildman–Crippen MR) is 145 cm³/mol. The van der Waals surface area contributed by atoms with Crippen LogP contribution in [0.1, 0.15) is 26.7 Å². The van der Waals surface area contributed by atoms with Crippen LogP contribution in [0, 0.1) is 35.5 Å². The molecule has 0 N–H and O–H groups in total. The summed E-state index contributed by atoms with van der Waals surface area (Å²) in [5, 5.41) is 3.73. The summed E-state index contributed by atoms with van der Waals surface area (Å²) in [7, 11) is -1.83. The van der Waals surface area contributed by atoms with Crippen molar-refractivity contribution in [2.75, 3.05) is 0 Å². The number of hydrogen-bond donors (Lipinski definition) is 0. The summed E-state index contributed by atoms with van der Waals surface area (Å²) in [6, 6.07) is 0. The molecule has 0 aliphatic heterocycles. The average molecular weight is 437 g/mol. The van der Waals surface area contributed by atoms with E-state index in [1.807, 2.05) is 10.4 Å². The zero-order valence-corrected chi connectivity index (χ0v) is 22.3. The standard InChI is InChI=1S/C30H34Si.2Li/c1-19-13-15-25-23-11-7-5-9-21(23)17-27(25)29(19)31(3,4)30-20(2)14-16-26-24-12-8-6-10-22(24)18-28(26)30;;/h5-16,21-22,25-28H,17-18H2,1-4H3;;. The first-order valence-electron chi connectivity index (χ1n) is 13.2. The van der Waals surface area contributed by atoms with Gasteiger partial charge in [-0.1, -0.05) is 0 Å². The van der Waals surface area contributed by atoms with E-state index in [-0.39, 0.29) is 8.18 Å². The van der Waals surface area contributed by atoms with Crippen molar-refractivity contribution in [2.24, 2.45) is 35.5 Å². The van der Waals surface area contributed by atoms with Crippen molar-refractivity contribution in [1.29, 1.82) is 0 Å². The topological polar surface area (TPSA) is 0 Å². The Morgan fingerprint density at radius 2 is 1.12 bits per heavy atom. The molecule has 33 heavy (non-hydrogen) atoms. The van der Waals surface area contributed by atoms with Gasteiger partial charge in [0.1, 0.15) is 0 Å². The molecule has 8 atom stereocenters. The molecule has 160 valence electrons. The molecule has 0 aromatic rings. The molecule has 0 bridgehead atoms. The van der Waals surface area contributed by atoms with Gasteiger partial charge in [0.15, 0.2) is 0 Å². The molecule has 0 aromatic heterocycles. The van der Waals surface area contributed by atoms with Crippen molar-refractivity contribution in [1.82, 2.24) is 0 Å². The van der Waals surface area contributed by atoms with Crippen molar-refractivity contribution in [2.45, 2.75) is 48.0 Å². The van der Waals surface area contributed by atoms with Crippen molar-refractivity contribution in [3.63, 3.8) is 0 Å². The molecular weight excluding hydrogens is 402 g/mol. The minimum atomic E-state index is -1.83. The van der Waals surface area contributed by atoms with Crippen molar-refractivity contribution >= 4 is 43.5 Å². The molecule has 0 heterocycles. The van der Waals surface area contributed by atoms with E-state index in [1.54, 1.807) is 11.1 Å². The van der Waals surface area contributed by atoms with E-state index in [0.717, 1.165) is 0 Å². The van der Waals surface area contributed by atoms with Crippen molar-refractivity contribution in [3.8, 4) is 0 Å². The van der Waals surface area contributed by atoms with Crippen molar-refractivity contribution in [3.05, 3.63) is 94.5 Å². The first kappa shape index (κ1) is 22.8. The summed E-state index contributed by atoms with van der Waals surface area (Å²) in [6.45, 7) is 10.2. The average Bonchev–Trinajstić information content (AvgIpc) is 3.23. The van der Waals surface area contributed by atoms with Crippen LogP contribution >= 0.6 is 0 Å². The molecule has 6 aliphatic rings. The van der Waals surface area contributed by atoms with Gasteiger partial charge in [0.2, 0.25) is 0 Å². The molecule has 6 aliphatic carbocycles. The van der Waals surface area contributed by atoms with E-state index in [0.29, 0.717) is 35.5 Å². The Kier molecular flexibility index (Phi) is 5.29. The molecule has 0 spiro atoms. The first-order valence-corrected chi connectivity index (χ1v) is 16.2. The van der Waals surface area contributed by atoms with Gasteiger partial charge < -0.3 is 0 Å². The summed E-state index contributed by atoms with van der Waals surface area (Å²) in [6.07, 6.45) is 32.0. The molecule has 2 fully saturated rings. The van der Waals surface area contributed by atoms with Crippen LogP contribution in [0.4, 0.5) is 0 Å². The van der Waals surface area contributed by atoms with Gasteiger partial charge in [-0.05, 0) is 0 Å². The molecule has 0 nitrogen and oxygen atoms in total. The molecule has 8 unspecified atom stereocenters. The third kappa shape index (κ3) is 3.09. The zero-order chi connectivity index (χ0) is 23.2. The maximum absolute atomic E-state index is 2.70. The second-order valence-corrected chi connectivity index (χ2v) is 17.0. The molecular formula is C30H34Li2Si. The van der Waals surface area contributed by atoms with E-state index in [2.05, 4.69) is 135 Å². The van der Waals surface area contributed by atoms with Gasteiger partial charge in [-0.2, -0.15) is 0 Å². The zero-order valence-electron chi connectivity index (χ0n) is 21.3. The van der Waals surface area contributed by atoms with Crippen LogP contribution in [0.2, 0.25) is 21.3 Å². The fraction of sp³-hybridized carbons (Fsp3) is 0.467. The number of allylic oxidation sites excluding steroid dienone is 16. The quantitative estimate of drug-likeness (QED) is 0.411. The molecule has 2 saturated carbocycles. The molecule has 6 rings (SSSR count). The number of hydrogen-bond acceptors (Lipinski definition) is 0. The number of fused-ring (bicyclic) bond motifs is 6. The summed E-state index contributed by atoms with van der Waals surface area (Å²) in [4.78, 5) is 0. The Bertz CT molecular complexity index is 1050. The first-order chi connectivity index (χ1) is 15.7. The van der Waals surface area contributed by atoms with Crippen LogP contribution in [0.5, 0.6) is 0 Å². The van der Waals surface area contributed by atoms with Crippen LogP contribution in [0.3, 0.4) is 0 Å². The SMILES string of the molecule is [Li][C]12C=CC=CC1CC1C([Si](C)(C)C3=C(C)C=CC4C3CC3C=CC=C[C]34[Li])=C(C)C=CC12. The van der Waals surface area contributed by atoms with Gasteiger partial charge in [-0.25, -0.2) is 0 Å². The van der Waals surface area contributed by atoms with E-state index in [1.165, 1.54) is 12.8 Å². The molecule has 0 radical (unpaired) electrons. The molecule has 0 amide bonds. The van der Waals surface area contributed by atoms with E-state index in [9.17, 15) is 0 Å². The third-order valence-electron chi connectivity index (χ3n) is 10.8. The number of rotatable bonds is 2. The predicted octanol–water partition coefficient (Wildman–Crippen LogP) is 6.96. The van der Waals surface area contributed by atoms with Crippen LogP contribution in [-0.4, -0.2) is 43.5 Å². The molecule has 3 heteroatoms. The van der Waals surface area contributed by atoms with Gasteiger partial charge in [0.05, 0.1) is 0 Å². The van der Waals surface area contributed by atoms with Gasteiger partial charge in [-0.15, -0.1) is 0 Å². The Morgan fingerprint density at radius 3 is 1.55 bits per heavy atom. The fourth-order valence-electron chi connectivity index (χ4n) is 9.27. The Hall–Kier alpha value is -0.668. The second kappa shape index (κ2) is 7.66. The normalized spacial score (nSPS) is 45.0. The van der Waals surface area contributed by atoms with Crippen LogP contribution in [0.25, 0.3) is 0 Å². The van der Waals surface area contributed by atoms with Crippen LogP contribution in [-0.2, 0) is 0 Å².